The molecular weight excluding hydrogens is 242 g/mol. The number of carboxylic acids is 1. The van der Waals surface area contributed by atoms with Crippen molar-refractivity contribution >= 4 is 5.97 Å². The first-order chi connectivity index (χ1) is 9.12. The number of nitrogens with zero attached hydrogens (tertiary/aromatic N) is 2. The maximum Gasteiger partial charge on any atom is 0.317 e. The highest BCUT2D eigenvalue weighted by molar-refractivity contribution is 5.81. The molecule has 0 spiro atoms. The number of aliphatic carboxylic acids is 1. The third kappa shape index (κ3) is 1.82. The Morgan fingerprint density at radius 3 is 2.74 bits per heavy atom. The van der Waals surface area contributed by atoms with Crippen LogP contribution in [0, 0.1) is 6.92 Å². The molecule has 98 valence electrons. The lowest BCUT2D eigenvalue weighted by Gasteiger charge is -2.36. The van der Waals surface area contributed by atoms with E-state index in [9.17, 15) is 9.90 Å². The monoisotopic (exact) mass is 257 g/mol. The zero-order valence-electron chi connectivity index (χ0n) is 10.7. The Bertz CT molecular complexity index is 616. The van der Waals surface area contributed by atoms with Crippen molar-refractivity contribution in [2.45, 2.75) is 31.6 Å². The van der Waals surface area contributed by atoms with Crippen molar-refractivity contribution in [2.24, 2.45) is 0 Å². The maximum absolute atomic E-state index is 11.5. The first-order valence-electron chi connectivity index (χ1n) is 6.34. The van der Waals surface area contributed by atoms with E-state index in [1.165, 1.54) is 0 Å². The van der Waals surface area contributed by atoms with Crippen LogP contribution in [0.4, 0.5) is 0 Å². The van der Waals surface area contributed by atoms with E-state index in [0.717, 1.165) is 23.4 Å². The normalized spacial score (nSPS) is 16.9. The zero-order valence-corrected chi connectivity index (χ0v) is 10.7. The molecule has 2 heterocycles. The van der Waals surface area contributed by atoms with Gasteiger partial charge in [-0.3, -0.25) is 4.79 Å². The summed E-state index contributed by atoms with van der Waals surface area (Å²) in [5.74, 6) is -0.369. The third-order valence-electron chi connectivity index (χ3n) is 3.79. The highest BCUT2D eigenvalue weighted by Crippen LogP contribution is 2.42. The number of hydrogen-bond acceptors (Lipinski definition) is 3. The number of carboxylic acid groups (broad SMARTS) is 1. The number of aromatic nitrogens is 3. The fourth-order valence-electron chi connectivity index (χ4n) is 2.48. The Labute approximate surface area is 110 Å². The second kappa shape index (κ2) is 4.19. The highest BCUT2D eigenvalue weighted by Gasteiger charge is 2.48. The van der Waals surface area contributed by atoms with Crippen molar-refractivity contribution in [3.63, 3.8) is 0 Å². The SMILES string of the molecule is Cc1cc(-c2cc[nH]c2)nc(C2(C(=O)O)CCC2)n1. The number of carbonyl (C=O) groups is 1. The molecule has 0 saturated heterocycles. The van der Waals surface area contributed by atoms with Gasteiger partial charge in [-0.15, -0.1) is 0 Å². The molecule has 0 aliphatic heterocycles. The van der Waals surface area contributed by atoms with Gasteiger partial charge in [0.15, 0.2) is 0 Å². The molecule has 5 nitrogen and oxygen atoms in total. The molecule has 2 aromatic heterocycles. The Hall–Kier alpha value is -2.17. The molecule has 0 atom stereocenters. The molecule has 19 heavy (non-hydrogen) atoms. The van der Waals surface area contributed by atoms with Gasteiger partial charge in [-0.25, -0.2) is 9.97 Å². The summed E-state index contributed by atoms with van der Waals surface area (Å²) in [6.07, 6.45) is 5.84. The molecule has 0 amide bonds. The van der Waals surface area contributed by atoms with Gasteiger partial charge in [0.05, 0.1) is 5.69 Å². The average Bonchev–Trinajstić information content (AvgIpc) is 2.79. The third-order valence-corrected chi connectivity index (χ3v) is 3.79. The van der Waals surface area contributed by atoms with E-state index < -0.39 is 11.4 Å². The van der Waals surface area contributed by atoms with E-state index in [-0.39, 0.29) is 0 Å². The van der Waals surface area contributed by atoms with Crippen molar-refractivity contribution in [1.29, 1.82) is 0 Å². The number of H-pyrrole nitrogens is 1. The molecule has 2 aromatic rings. The fourth-order valence-corrected chi connectivity index (χ4v) is 2.48. The van der Waals surface area contributed by atoms with Gasteiger partial charge in [-0.05, 0) is 31.9 Å². The van der Waals surface area contributed by atoms with Crippen LogP contribution in [-0.2, 0) is 10.2 Å². The average molecular weight is 257 g/mol. The number of aromatic amines is 1. The first-order valence-corrected chi connectivity index (χ1v) is 6.34. The van der Waals surface area contributed by atoms with E-state index in [4.69, 9.17) is 0 Å². The van der Waals surface area contributed by atoms with Gasteiger partial charge in [-0.2, -0.15) is 0 Å². The van der Waals surface area contributed by atoms with E-state index in [0.29, 0.717) is 18.7 Å². The van der Waals surface area contributed by atoms with Crippen LogP contribution in [-0.4, -0.2) is 26.0 Å². The fraction of sp³-hybridized carbons (Fsp3) is 0.357. The molecule has 0 unspecified atom stereocenters. The first kappa shape index (κ1) is 11.9. The molecule has 0 aromatic carbocycles. The van der Waals surface area contributed by atoms with E-state index in [2.05, 4.69) is 15.0 Å². The predicted octanol–water partition coefficient (Wildman–Crippen LogP) is 2.29. The largest absolute Gasteiger partial charge is 0.480 e. The van der Waals surface area contributed by atoms with Crippen molar-refractivity contribution in [1.82, 2.24) is 15.0 Å². The highest BCUT2D eigenvalue weighted by atomic mass is 16.4. The van der Waals surface area contributed by atoms with Crippen LogP contribution in [0.3, 0.4) is 0 Å². The quantitative estimate of drug-likeness (QED) is 0.884. The number of aryl methyl sites for hydroxylation is 1. The minimum atomic E-state index is -0.878. The number of hydrogen-bond donors (Lipinski definition) is 2. The molecule has 1 saturated carbocycles. The summed E-state index contributed by atoms with van der Waals surface area (Å²) < 4.78 is 0. The molecule has 1 fully saturated rings. The molecule has 1 aliphatic rings. The minimum absolute atomic E-state index is 0.447. The Morgan fingerprint density at radius 1 is 1.42 bits per heavy atom. The van der Waals surface area contributed by atoms with E-state index >= 15 is 0 Å². The Kier molecular flexibility index (Phi) is 2.62. The standard InChI is InChI=1S/C14H15N3O2/c1-9-7-11(10-3-6-15-8-10)17-12(16-9)14(13(18)19)4-2-5-14/h3,6-8,15H,2,4-5H2,1H3,(H,18,19). The van der Waals surface area contributed by atoms with E-state index in [1.807, 2.05) is 31.5 Å². The molecule has 3 rings (SSSR count). The topological polar surface area (TPSA) is 78.9 Å². The van der Waals surface area contributed by atoms with Crippen LogP contribution in [0.5, 0.6) is 0 Å². The zero-order chi connectivity index (χ0) is 13.5. The van der Waals surface area contributed by atoms with Crippen molar-refractivity contribution in [2.75, 3.05) is 0 Å². The van der Waals surface area contributed by atoms with Crippen LogP contribution < -0.4 is 0 Å². The van der Waals surface area contributed by atoms with Gasteiger partial charge in [0.25, 0.3) is 0 Å². The van der Waals surface area contributed by atoms with Crippen LogP contribution in [0.15, 0.2) is 24.5 Å². The van der Waals surface area contributed by atoms with Gasteiger partial charge in [0.2, 0.25) is 0 Å². The minimum Gasteiger partial charge on any atom is -0.480 e. The second-order valence-electron chi connectivity index (χ2n) is 5.06. The van der Waals surface area contributed by atoms with Gasteiger partial charge in [0, 0.05) is 23.7 Å². The lowest BCUT2D eigenvalue weighted by atomic mass is 9.68. The van der Waals surface area contributed by atoms with Gasteiger partial charge < -0.3 is 10.1 Å². The van der Waals surface area contributed by atoms with Gasteiger partial charge in [0.1, 0.15) is 11.2 Å². The molecule has 0 bridgehead atoms. The summed E-state index contributed by atoms with van der Waals surface area (Å²) in [6.45, 7) is 1.87. The van der Waals surface area contributed by atoms with E-state index in [1.54, 1.807) is 0 Å². The van der Waals surface area contributed by atoms with Crippen molar-refractivity contribution < 1.29 is 9.90 Å². The second-order valence-corrected chi connectivity index (χ2v) is 5.06. The van der Waals surface area contributed by atoms with Crippen LogP contribution in [0.1, 0.15) is 30.8 Å². The maximum atomic E-state index is 11.5. The van der Waals surface area contributed by atoms with Crippen LogP contribution in [0.2, 0.25) is 0 Å². The molecule has 0 radical (unpaired) electrons. The van der Waals surface area contributed by atoms with Crippen molar-refractivity contribution in [3.8, 4) is 11.3 Å². The smallest absolute Gasteiger partial charge is 0.317 e. The van der Waals surface area contributed by atoms with Crippen LogP contribution in [0.25, 0.3) is 11.3 Å². The number of nitrogens with one attached hydrogen (secondary N) is 1. The summed E-state index contributed by atoms with van der Waals surface area (Å²) in [6, 6.07) is 3.79. The van der Waals surface area contributed by atoms with Crippen molar-refractivity contribution in [3.05, 3.63) is 36.0 Å². The summed E-state index contributed by atoms with van der Waals surface area (Å²) in [5.41, 5.74) is 1.65. The predicted molar refractivity (Wildman–Crippen MR) is 69.7 cm³/mol. The lowest BCUT2D eigenvalue weighted by Crippen LogP contribution is -2.44. The summed E-state index contributed by atoms with van der Waals surface area (Å²) in [5, 5.41) is 9.46. The Balaban J connectivity index is 2.10. The van der Waals surface area contributed by atoms with Crippen LogP contribution >= 0.6 is 0 Å². The van der Waals surface area contributed by atoms with Gasteiger partial charge in [-0.1, -0.05) is 6.42 Å². The lowest BCUT2D eigenvalue weighted by molar-refractivity contribution is -0.147. The molecule has 2 N–H and O–H groups in total. The molecular formula is C14H15N3O2. The summed E-state index contributed by atoms with van der Waals surface area (Å²) in [4.78, 5) is 23.3. The number of rotatable bonds is 3. The van der Waals surface area contributed by atoms with Gasteiger partial charge >= 0.3 is 5.97 Å². The summed E-state index contributed by atoms with van der Waals surface area (Å²) in [7, 11) is 0. The Morgan fingerprint density at radius 2 is 2.21 bits per heavy atom. The molecule has 1 aliphatic carbocycles. The summed E-state index contributed by atoms with van der Waals surface area (Å²) >= 11 is 0. The molecule has 5 heteroatoms.